The van der Waals surface area contributed by atoms with Crippen LogP contribution in [0.5, 0.6) is 5.75 Å². The minimum atomic E-state index is 0.162. The van der Waals surface area contributed by atoms with Crippen molar-refractivity contribution in [3.63, 3.8) is 0 Å². The van der Waals surface area contributed by atoms with Crippen LogP contribution in [0.4, 0.5) is 5.69 Å². The zero-order chi connectivity index (χ0) is 20.8. The minimum absolute atomic E-state index is 0.162. The topological polar surface area (TPSA) is 38.7 Å². The summed E-state index contributed by atoms with van der Waals surface area (Å²) in [4.78, 5) is 17.4. The summed E-state index contributed by atoms with van der Waals surface area (Å²) in [6, 6.07) is 16.0. The normalized spacial score (nSPS) is 21.3. The lowest BCUT2D eigenvalue weighted by atomic mass is 9.73. The lowest BCUT2D eigenvalue weighted by Gasteiger charge is -2.30. The number of aliphatic imine (C=N–C) groups is 1. The number of allylic oxidation sites excluding steroid dienone is 1. The van der Waals surface area contributed by atoms with Crippen molar-refractivity contribution in [1.29, 1.82) is 0 Å². The molecule has 1 fully saturated rings. The van der Waals surface area contributed by atoms with Crippen LogP contribution in [0.2, 0.25) is 0 Å². The maximum atomic E-state index is 12.9. The van der Waals surface area contributed by atoms with Gasteiger partial charge in [0, 0.05) is 12.1 Å². The van der Waals surface area contributed by atoms with Crippen LogP contribution < -0.4 is 4.74 Å². The molecule has 0 saturated heterocycles. The summed E-state index contributed by atoms with van der Waals surface area (Å²) in [6.45, 7) is 9.09. The van der Waals surface area contributed by atoms with Crippen molar-refractivity contribution in [1.82, 2.24) is 0 Å². The second-order valence-electron chi connectivity index (χ2n) is 8.14. The summed E-state index contributed by atoms with van der Waals surface area (Å²) in [6.07, 6.45) is 6.02. The van der Waals surface area contributed by atoms with Crippen molar-refractivity contribution >= 4 is 23.8 Å². The molecule has 2 aromatic rings. The first kappa shape index (κ1) is 21.0. The van der Waals surface area contributed by atoms with E-state index in [4.69, 9.17) is 4.74 Å². The van der Waals surface area contributed by atoms with Crippen molar-refractivity contribution < 1.29 is 9.53 Å². The number of hydrogen-bond acceptors (Lipinski definition) is 3. The summed E-state index contributed by atoms with van der Waals surface area (Å²) in [5.41, 5.74) is 3.95. The Kier molecular flexibility index (Phi) is 7.03. The van der Waals surface area contributed by atoms with E-state index in [1.807, 2.05) is 61.7 Å². The van der Waals surface area contributed by atoms with Crippen LogP contribution in [0.25, 0.3) is 6.08 Å². The quantitative estimate of drug-likeness (QED) is 0.418. The Morgan fingerprint density at radius 1 is 1.03 bits per heavy atom. The Morgan fingerprint density at radius 2 is 1.69 bits per heavy atom. The molecule has 0 aliphatic heterocycles. The van der Waals surface area contributed by atoms with Gasteiger partial charge in [-0.1, -0.05) is 32.9 Å². The van der Waals surface area contributed by atoms with Gasteiger partial charge in [-0.25, -0.2) is 0 Å². The molecule has 0 spiro atoms. The maximum Gasteiger partial charge on any atom is 0.162 e. The molecule has 0 radical (unpaired) electrons. The fourth-order valence-electron chi connectivity index (χ4n) is 3.82. The molecule has 3 heteroatoms. The monoisotopic (exact) mass is 389 g/mol. The molecular weight excluding hydrogens is 358 g/mol. The predicted molar refractivity (Wildman–Crippen MR) is 121 cm³/mol. The molecule has 1 aliphatic rings. The van der Waals surface area contributed by atoms with Crippen LogP contribution in [-0.4, -0.2) is 18.6 Å². The van der Waals surface area contributed by atoms with Gasteiger partial charge in [0.25, 0.3) is 0 Å². The summed E-state index contributed by atoms with van der Waals surface area (Å²) in [7, 11) is 0. The number of Topliss-reactive ketones (excluding diaryl/α,β-unsaturated/α-hetero) is 1. The molecule has 1 saturated carbocycles. The van der Waals surface area contributed by atoms with Crippen LogP contribution in [-0.2, 0) is 4.79 Å². The Balaban J connectivity index is 1.71. The van der Waals surface area contributed by atoms with Crippen molar-refractivity contribution in [3.05, 3.63) is 65.2 Å². The molecule has 1 aliphatic carbocycles. The average Bonchev–Trinajstić information content (AvgIpc) is 2.71. The van der Waals surface area contributed by atoms with Gasteiger partial charge in [0.05, 0.1) is 12.3 Å². The Bertz CT molecular complexity index is 876. The highest BCUT2D eigenvalue weighted by Gasteiger charge is 2.32. The maximum absolute atomic E-state index is 12.9. The van der Waals surface area contributed by atoms with Gasteiger partial charge in [0.1, 0.15) is 5.75 Å². The largest absolute Gasteiger partial charge is 0.494 e. The third kappa shape index (κ3) is 5.44. The fraction of sp³-hybridized carbons (Fsp3) is 0.385. The summed E-state index contributed by atoms with van der Waals surface area (Å²) in [5, 5.41) is 0. The van der Waals surface area contributed by atoms with Crippen LogP contribution in [0.3, 0.4) is 0 Å². The molecule has 0 N–H and O–H groups in total. The molecule has 29 heavy (non-hydrogen) atoms. The first-order chi connectivity index (χ1) is 14.0. The summed E-state index contributed by atoms with van der Waals surface area (Å²) in [5.74, 6) is 2.09. The number of nitrogens with zero attached hydrogens (tertiary/aromatic N) is 1. The number of ether oxygens (including phenoxy) is 1. The van der Waals surface area contributed by atoms with E-state index in [1.54, 1.807) is 0 Å². The van der Waals surface area contributed by atoms with E-state index in [-0.39, 0.29) is 5.92 Å². The van der Waals surface area contributed by atoms with Crippen LogP contribution in [0.15, 0.2) is 59.1 Å². The van der Waals surface area contributed by atoms with Gasteiger partial charge in [0.15, 0.2) is 5.78 Å². The highest BCUT2D eigenvalue weighted by molar-refractivity contribution is 6.02. The number of ketones is 1. The Morgan fingerprint density at radius 3 is 2.31 bits per heavy atom. The van der Waals surface area contributed by atoms with Crippen LogP contribution in [0.1, 0.15) is 51.7 Å². The average molecular weight is 390 g/mol. The van der Waals surface area contributed by atoms with E-state index >= 15 is 0 Å². The zero-order valence-corrected chi connectivity index (χ0v) is 17.9. The second kappa shape index (κ2) is 9.69. The van der Waals surface area contributed by atoms with Gasteiger partial charge in [-0.05, 0) is 90.8 Å². The predicted octanol–water partition coefficient (Wildman–Crippen LogP) is 6.49. The molecule has 2 atom stereocenters. The van der Waals surface area contributed by atoms with Crippen molar-refractivity contribution in [3.8, 4) is 5.75 Å². The van der Waals surface area contributed by atoms with E-state index in [1.165, 1.54) is 0 Å². The number of benzene rings is 2. The summed E-state index contributed by atoms with van der Waals surface area (Å²) < 4.78 is 5.46. The number of carbonyl (C=O) groups excluding carboxylic acids is 1. The first-order valence-corrected chi connectivity index (χ1v) is 10.6. The number of rotatable bonds is 6. The molecule has 2 aromatic carbocycles. The van der Waals surface area contributed by atoms with E-state index in [0.717, 1.165) is 41.0 Å². The molecular formula is C26H31NO2. The number of carbonyl (C=O) groups is 1. The molecule has 0 bridgehead atoms. The lowest BCUT2D eigenvalue weighted by Crippen LogP contribution is -2.30. The van der Waals surface area contributed by atoms with Crippen molar-refractivity contribution in [2.45, 2.75) is 40.5 Å². The van der Waals surface area contributed by atoms with Crippen LogP contribution >= 0.6 is 0 Å². The van der Waals surface area contributed by atoms with Gasteiger partial charge >= 0.3 is 0 Å². The van der Waals surface area contributed by atoms with Gasteiger partial charge in [0.2, 0.25) is 0 Å². The molecule has 0 heterocycles. The van der Waals surface area contributed by atoms with E-state index < -0.39 is 0 Å². The third-order valence-corrected chi connectivity index (χ3v) is 5.64. The molecule has 0 unspecified atom stereocenters. The van der Waals surface area contributed by atoms with Gasteiger partial charge in [-0.15, -0.1) is 0 Å². The smallest absolute Gasteiger partial charge is 0.162 e. The van der Waals surface area contributed by atoms with Crippen LogP contribution in [0, 0.1) is 17.8 Å². The lowest BCUT2D eigenvalue weighted by molar-refractivity contribution is -0.122. The highest BCUT2D eigenvalue weighted by atomic mass is 16.5. The van der Waals surface area contributed by atoms with E-state index in [0.29, 0.717) is 24.2 Å². The molecule has 0 aromatic heterocycles. The second-order valence-corrected chi connectivity index (χ2v) is 8.14. The molecule has 152 valence electrons. The minimum Gasteiger partial charge on any atom is -0.494 e. The zero-order valence-electron chi connectivity index (χ0n) is 17.9. The summed E-state index contributed by atoms with van der Waals surface area (Å²) >= 11 is 0. The molecule has 3 rings (SSSR count). The molecule has 0 amide bonds. The SMILES string of the molecule is CCOc1ccc(C=Nc2ccc(C=C3C(=O)[C@@H](C(C)C)CC[C@H]3C)cc2)cc1. The van der Waals surface area contributed by atoms with Crippen molar-refractivity contribution in [2.75, 3.05) is 6.61 Å². The van der Waals surface area contributed by atoms with Gasteiger partial charge < -0.3 is 4.74 Å². The third-order valence-electron chi connectivity index (χ3n) is 5.64. The number of hydrogen-bond donors (Lipinski definition) is 0. The Hall–Kier alpha value is -2.68. The van der Waals surface area contributed by atoms with E-state index in [9.17, 15) is 4.79 Å². The van der Waals surface area contributed by atoms with Crippen molar-refractivity contribution in [2.24, 2.45) is 22.7 Å². The Labute approximate surface area is 174 Å². The van der Waals surface area contributed by atoms with Gasteiger partial charge in [-0.3, -0.25) is 9.79 Å². The fourth-order valence-corrected chi connectivity index (χ4v) is 3.82. The standard InChI is InChI=1S/C26H31NO2/c1-5-29-23-13-9-21(10-14-23)17-27-22-11-7-20(8-12-22)16-25-19(4)6-15-24(18(2)3)26(25)28/h7-14,16-19,24H,5-6,15H2,1-4H3/t19-,24-/m1/s1. The van der Waals surface area contributed by atoms with E-state index in [2.05, 4.69) is 31.8 Å². The first-order valence-electron chi connectivity index (χ1n) is 10.6. The highest BCUT2D eigenvalue weighted by Crippen LogP contribution is 2.35. The van der Waals surface area contributed by atoms with Gasteiger partial charge in [-0.2, -0.15) is 0 Å². The molecule has 3 nitrogen and oxygen atoms in total.